The quantitative estimate of drug-likeness (QED) is 0.464. The number of fused-ring (bicyclic) bond motifs is 2. The highest BCUT2D eigenvalue weighted by molar-refractivity contribution is 8.24. The predicted octanol–water partition coefficient (Wildman–Crippen LogP) is 4.37. The molecule has 0 spiro atoms. The van der Waals surface area contributed by atoms with E-state index in [1.807, 2.05) is 30.3 Å². The van der Waals surface area contributed by atoms with Crippen molar-refractivity contribution in [2.75, 3.05) is 42.3 Å². The maximum atomic E-state index is 10.8. The van der Waals surface area contributed by atoms with E-state index < -0.39 is 10.6 Å². The van der Waals surface area contributed by atoms with Crippen molar-refractivity contribution in [2.24, 2.45) is 5.73 Å². The highest BCUT2D eigenvalue weighted by atomic mass is 32.3. The van der Waals surface area contributed by atoms with Crippen molar-refractivity contribution >= 4 is 33.0 Å². The summed E-state index contributed by atoms with van der Waals surface area (Å²) in [7, 11) is -2.85. The Kier molecular flexibility index (Phi) is 5.30. The van der Waals surface area contributed by atoms with Gasteiger partial charge in [0, 0.05) is 30.2 Å². The van der Waals surface area contributed by atoms with Crippen molar-refractivity contribution < 1.29 is 13.8 Å². The second-order valence-corrected chi connectivity index (χ2v) is 11.2. The Morgan fingerprint density at radius 2 is 2.00 bits per heavy atom. The van der Waals surface area contributed by atoms with Gasteiger partial charge in [-0.25, -0.2) is 4.98 Å². The summed E-state index contributed by atoms with van der Waals surface area (Å²) in [6, 6.07) is 15.8. The van der Waals surface area contributed by atoms with E-state index in [4.69, 9.17) is 15.5 Å². The number of aromatic nitrogens is 1. The average molecular weight is 455 g/mol. The molecule has 0 aliphatic carbocycles. The number of nitrogens with zero attached hydrogens (tertiary/aromatic N) is 2. The Hall–Kier alpha value is -2.36. The molecular formula is C24H30N4O3S. The Morgan fingerprint density at radius 3 is 2.75 bits per heavy atom. The molecule has 0 saturated carbocycles. The predicted molar refractivity (Wildman–Crippen MR) is 131 cm³/mol. The lowest BCUT2D eigenvalue weighted by Gasteiger charge is -2.38. The lowest BCUT2D eigenvalue weighted by atomic mass is 9.99. The fraction of sp³-hybridized carbons (Fsp3) is 0.375. The number of nitrogens with two attached hydrogens (primary N) is 1. The first kappa shape index (κ1) is 21.5. The highest BCUT2D eigenvalue weighted by Gasteiger charge is 2.34. The van der Waals surface area contributed by atoms with Gasteiger partial charge in [0.1, 0.15) is 5.82 Å². The third kappa shape index (κ3) is 3.82. The molecule has 1 aromatic heterocycles. The highest BCUT2D eigenvalue weighted by Crippen LogP contribution is 2.53. The van der Waals surface area contributed by atoms with Crippen molar-refractivity contribution in [1.82, 2.24) is 4.98 Å². The van der Waals surface area contributed by atoms with Crippen LogP contribution >= 0.6 is 10.6 Å². The number of rotatable bonds is 4. The molecule has 5 N–H and O–H groups in total. The van der Waals surface area contributed by atoms with E-state index in [9.17, 15) is 9.11 Å². The third-order valence-corrected chi connectivity index (χ3v) is 8.29. The molecule has 0 radical (unpaired) electrons. The van der Waals surface area contributed by atoms with Crippen LogP contribution < -0.4 is 16.0 Å². The molecule has 2 aromatic carbocycles. The van der Waals surface area contributed by atoms with Crippen LogP contribution in [0, 0.1) is 6.92 Å². The molecule has 0 bridgehead atoms. The first-order valence-electron chi connectivity index (χ1n) is 10.9. The van der Waals surface area contributed by atoms with Crippen LogP contribution in [0.1, 0.15) is 24.1 Å². The van der Waals surface area contributed by atoms with Gasteiger partial charge in [0.2, 0.25) is 0 Å². The van der Waals surface area contributed by atoms with Crippen molar-refractivity contribution in [3.8, 4) is 0 Å². The van der Waals surface area contributed by atoms with Crippen LogP contribution in [0.2, 0.25) is 0 Å². The summed E-state index contributed by atoms with van der Waals surface area (Å²) in [5, 5.41) is 4.58. The molecular weight excluding hydrogens is 424 g/mol. The van der Waals surface area contributed by atoms with Gasteiger partial charge in [-0.05, 0) is 37.6 Å². The van der Waals surface area contributed by atoms with Crippen LogP contribution in [0.25, 0.3) is 10.9 Å². The zero-order valence-corrected chi connectivity index (χ0v) is 19.2. The van der Waals surface area contributed by atoms with Crippen LogP contribution in [0.5, 0.6) is 0 Å². The van der Waals surface area contributed by atoms with Crippen molar-refractivity contribution in [1.29, 1.82) is 0 Å². The van der Waals surface area contributed by atoms with E-state index in [0.717, 1.165) is 33.5 Å². The molecule has 2 aliphatic rings. The number of hydrogen-bond acceptors (Lipinski definition) is 7. The van der Waals surface area contributed by atoms with Gasteiger partial charge in [-0.1, -0.05) is 29.8 Å². The summed E-state index contributed by atoms with van der Waals surface area (Å²) in [5.74, 6) is 1.08. The Bertz CT molecular complexity index is 1170. The molecule has 0 amide bonds. The molecule has 3 aromatic rings. The third-order valence-electron chi connectivity index (χ3n) is 6.46. The smallest absolute Gasteiger partial charge is 0.131 e. The zero-order valence-electron chi connectivity index (χ0n) is 18.4. The number of nitrogens with one attached hydrogen (secondary N) is 1. The van der Waals surface area contributed by atoms with Crippen molar-refractivity contribution in [2.45, 2.75) is 30.3 Å². The minimum atomic E-state index is -2.85. The fourth-order valence-electron chi connectivity index (χ4n) is 4.49. The minimum absolute atomic E-state index is 0.0518. The van der Waals surface area contributed by atoms with Crippen LogP contribution in [-0.4, -0.2) is 51.7 Å². The standard InChI is InChI=1S/C24H30N4O3S/c1-16-7-8-20-19(11-16)21(26-13-24(25)14-31-15-24)12-23(27-20)28-9-10-32(29,30)22-6-4-3-5-18(22)17(28)2/h3-8,11-12,17,29-30H,9-10,13-15,25H2,1-2H3,(H,26,27). The lowest BCUT2D eigenvalue weighted by molar-refractivity contribution is -0.0461. The summed E-state index contributed by atoms with van der Waals surface area (Å²) in [6.45, 7) is 6.36. The van der Waals surface area contributed by atoms with E-state index >= 15 is 0 Å². The number of benzene rings is 2. The molecule has 1 fully saturated rings. The van der Waals surface area contributed by atoms with Gasteiger partial charge in [-0.3, -0.25) is 9.11 Å². The van der Waals surface area contributed by atoms with Crippen molar-refractivity contribution in [3.63, 3.8) is 0 Å². The monoisotopic (exact) mass is 454 g/mol. The molecule has 32 heavy (non-hydrogen) atoms. The molecule has 2 aliphatic heterocycles. The molecule has 1 saturated heterocycles. The first-order valence-corrected chi connectivity index (χ1v) is 12.6. The van der Waals surface area contributed by atoms with Gasteiger partial charge in [-0.15, -0.1) is 0 Å². The molecule has 1 unspecified atom stereocenters. The maximum absolute atomic E-state index is 10.8. The van der Waals surface area contributed by atoms with E-state index in [1.165, 1.54) is 0 Å². The van der Waals surface area contributed by atoms with E-state index in [2.05, 4.69) is 42.3 Å². The number of pyridine rings is 1. The summed E-state index contributed by atoms with van der Waals surface area (Å²) < 4.78 is 26.9. The lowest BCUT2D eigenvalue weighted by Crippen LogP contribution is -2.61. The fourth-order valence-corrected chi connectivity index (χ4v) is 6.07. The zero-order chi connectivity index (χ0) is 22.5. The van der Waals surface area contributed by atoms with Gasteiger partial charge in [0.15, 0.2) is 0 Å². The van der Waals surface area contributed by atoms with Gasteiger partial charge >= 0.3 is 0 Å². The summed E-state index contributed by atoms with van der Waals surface area (Å²) in [5.41, 5.74) is 9.97. The number of aryl methyl sites for hydroxylation is 1. The second kappa shape index (κ2) is 7.90. The number of anilines is 2. The normalized spacial score (nSPS) is 22.5. The topological polar surface area (TPSA) is 104 Å². The van der Waals surface area contributed by atoms with Crippen molar-refractivity contribution in [3.05, 3.63) is 59.7 Å². The Morgan fingerprint density at radius 1 is 1.22 bits per heavy atom. The molecule has 7 nitrogen and oxygen atoms in total. The van der Waals surface area contributed by atoms with Gasteiger partial charge in [-0.2, -0.15) is 10.6 Å². The summed E-state index contributed by atoms with van der Waals surface area (Å²) >= 11 is 0. The van der Waals surface area contributed by atoms with E-state index in [1.54, 1.807) is 0 Å². The average Bonchev–Trinajstić information content (AvgIpc) is 2.85. The molecule has 3 heterocycles. The van der Waals surface area contributed by atoms with Crippen LogP contribution in [0.3, 0.4) is 0 Å². The first-order chi connectivity index (χ1) is 15.3. The molecule has 1 atom stereocenters. The van der Waals surface area contributed by atoms with Gasteiger partial charge in [0.05, 0.1) is 41.0 Å². The molecule has 5 rings (SSSR count). The van der Waals surface area contributed by atoms with Gasteiger partial charge in [0.25, 0.3) is 0 Å². The van der Waals surface area contributed by atoms with E-state index in [-0.39, 0.29) is 17.3 Å². The van der Waals surface area contributed by atoms with Gasteiger partial charge < -0.3 is 20.7 Å². The molecule has 170 valence electrons. The van der Waals surface area contributed by atoms with Crippen LogP contribution in [-0.2, 0) is 4.74 Å². The number of hydrogen-bond donors (Lipinski definition) is 4. The Labute approximate surface area is 189 Å². The minimum Gasteiger partial charge on any atom is -0.382 e. The Balaban J connectivity index is 1.57. The van der Waals surface area contributed by atoms with Crippen LogP contribution in [0.15, 0.2) is 53.4 Å². The maximum Gasteiger partial charge on any atom is 0.131 e. The molecule has 8 heteroatoms. The largest absolute Gasteiger partial charge is 0.382 e. The SMILES string of the molecule is Cc1ccc2nc(N3CCS(O)(O)c4ccccc4C3C)cc(NCC3(N)COC3)c2c1. The second-order valence-electron chi connectivity index (χ2n) is 9.04. The number of ether oxygens (including phenoxy) is 1. The summed E-state index contributed by atoms with van der Waals surface area (Å²) in [4.78, 5) is 7.77. The summed E-state index contributed by atoms with van der Waals surface area (Å²) in [6.07, 6.45) is 0. The van der Waals surface area contributed by atoms with Crippen LogP contribution in [0.4, 0.5) is 11.5 Å². The van der Waals surface area contributed by atoms with E-state index in [0.29, 0.717) is 31.2 Å².